The molecular weight excluding hydrogens is 428 g/mol. The summed E-state index contributed by atoms with van der Waals surface area (Å²) in [6.45, 7) is 0.932. The molecular formula is C21H32O11. The van der Waals surface area contributed by atoms with Gasteiger partial charge in [0.1, 0.15) is 48.5 Å². The Hall–Kier alpha value is -1.38. The summed E-state index contributed by atoms with van der Waals surface area (Å²) >= 11 is 0. The minimum atomic E-state index is -1.56. The normalized spacial score (nSPS) is 38.7. The van der Waals surface area contributed by atoms with Gasteiger partial charge in [0.05, 0.1) is 19.3 Å². The summed E-state index contributed by atoms with van der Waals surface area (Å²) in [5, 5.41) is 68.9. The molecule has 182 valence electrons. The Kier molecular flexibility index (Phi) is 8.81. The number of aliphatic hydroxyl groups is 6. The lowest BCUT2D eigenvalue weighted by Gasteiger charge is -2.41. The second-order valence-electron chi connectivity index (χ2n) is 8.21. The lowest BCUT2D eigenvalue weighted by Crippen LogP contribution is -2.60. The average molecular weight is 460 g/mol. The summed E-state index contributed by atoms with van der Waals surface area (Å²) in [5.41, 5.74) is 0.989. The predicted molar refractivity (Wildman–Crippen MR) is 107 cm³/mol. The van der Waals surface area contributed by atoms with Crippen molar-refractivity contribution >= 4 is 0 Å². The molecule has 1 aromatic rings. The van der Waals surface area contributed by atoms with E-state index in [4.69, 9.17) is 24.1 Å². The van der Waals surface area contributed by atoms with E-state index in [1.54, 1.807) is 31.2 Å². The fourth-order valence-corrected chi connectivity index (χ4v) is 3.69. The van der Waals surface area contributed by atoms with Gasteiger partial charge in [-0.1, -0.05) is 12.1 Å². The third-order valence-corrected chi connectivity index (χ3v) is 5.73. The second-order valence-corrected chi connectivity index (χ2v) is 8.21. The lowest BCUT2D eigenvalue weighted by molar-refractivity contribution is -0.318. The summed E-state index contributed by atoms with van der Waals surface area (Å²) < 4.78 is 21.9. The predicted octanol–water partition coefficient (Wildman–Crippen LogP) is -2.01. The Morgan fingerprint density at radius 1 is 0.844 bits per heavy atom. The molecule has 7 N–H and O–H groups in total. The molecule has 0 spiro atoms. The van der Waals surface area contributed by atoms with Crippen LogP contribution in [0.15, 0.2) is 24.3 Å². The summed E-state index contributed by atoms with van der Waals surface area (Å²) in [4.78, 5) is 0. The van der Waals surface area contributed by atoms with Crippen molar-refractivity contribution in [1.82, 2.24) is 0 Å². The Morgan fingerprint density at radius 2 is 1.44 bits per heavy atom. The SMILES string of the molecule is C[C@@H](CCc1ccc(O)cc1)O[C@H]1O[C@H](CO[C@H]2O[C@H](CO)[C@H](O)[C@H]2O)[C@@H](O)[C@H](O)[C@H]1O. The van der Waals surface area contributed by atoms with E-state index in [0.29, 0.717) is 12.8 Å². The molecule has 0 aromatic heterocycles. The quantitative estimate of drug-likeness (QED) is 0.217. The molecule has 0 unspecified atom stereocenters. The first-order valence-corrected chi connectivity index (χ1v) is 10.6. The van der Waals surface area contributed by atoms with Crippen molar-refractivity contribution in [2.24, 2.45) is 0 Å². The van der Waals surface area contributed by atoms with Gasteiger partial charge in [-0.15, -0.1) is 0 Å². The smallest absolute Gasteiger partial charge is 0.186 e. The number of aryl methyl sites for hydroxylation is 1. The number of aromatic hydroxyl groups is 1. The summed E-state index contributed by atoms with van der Waals surface area (Å²) in [6.07, 6.45) is -11.0. The van der Waals surface area contributed by atoms with Gasteiger partial charge in [0, 0.05) is 0 Å². The Balaban J connectivity index is 1.52. The number of phenolic OH excluding ortho intramolecular Hbond substituents is 1. The van der Waals surface area contributed by atoms with Crippen LogP contribution in [0.2, 0.25) is 0 Å². The van der Waals surface area contributed by atoms with Crippen LogP contribution in [0.3, 0.4) is 0 Å². The molecule has 2 fully saturated rings. The third kappa shape index (κ3) is 5.94. The molecule has 11 nitrogen and oxygen atoms in total. The van der Waals surface area contributed by atoms with Gasteiger partial charge in [0.25, 0.3) is 0 Å². The average Bonchev–Trinajstić information content (AvgIpc) is 3.06. The Bertz CT molecular complexity index is 701. The van der Waals surface area contributed by atoms with Crippen LogP contribution in [0.5, 0.6) is 5.75 Å². The van der Waals surface area contributed by atoms with Gasteiger partial charge in [-0.05, 0) is 37.5 Å². The van der Waals surface area contributed by atoms with Crippen molar-refractivity contribution in [1.29, 1.82) is 0 Å². The van der Waals surface area contributed by atoms with Crippen molar-refractivity contribution in [3.8, 4) is 5.75 Å². The highest BCUT2D eigenvalue weighted by atomic mass is 16.7. The largest absolute Gasteiger partial charge is 0.508 e. The molecule has 11 heteroatoms. The Morgan fingerprint density at radius 3 is 2.06 bits per heavy atom. The first-order valence-electron chi connectivity index (χ1n) is 10.6. The number of hydrogen-bond donors (Lipinski definition) is 7. The van der Waals surface area contributed by atoms with Crippen molar-refractivity contribution in [3.05, 3.63) is 29.8 Å². The minimum absolute atomic E-state index is 0.175. The van der Waals surface area contributed by atoms with Gasteiger partial charge in [-0.25, -0.2) is 0 Å². The van der Waals surface area contributed by atoms with Crippen LogP contribution in [0.1, 0.15) is 18.9 Å². The van der Waals surface area contributed by atoms with Crippen LogP contribution in [-0.2, 0) is 25.4 Å². The number of phenols is 1. The maximum Gasteiger partial charge on any atom is 0.186 e. The van der Waals surface area contributed by atoms with Gasteiger partial charge in [-0.2, -0.15) is 0 Å². The Labute approximate surface area is 185 Å². The summed E-state index contributed by atoms with van der Waals surface area (Å²) in [5.74, 6) is 0.175. The molecule has 2 saturated heterocycles. The first-order chi connectivity index (χ1) is 15.2. The lowest BCUT2D eigenvalue weighted by atomic mass is 9.99. The van der Waals surface area contributed by atoms with E-state index in [0.717, 1.165) is 5.56 Å². The zero-order chi connectivity index (χ0) is 23.4. The fourth-order valence-electron chi connectivity index (χ4n) is 3.69. The van der Waals surface area contributed by atoms with Gasteiger partial charge in [-0.3, -0.25) is 0 Å². The summed E-state index contributed by atoms with van der Waals surface area (Å²) in [6, 6.07) is 6.76. The van der Waals surface area contributed by atoms with E-state index in [1.807, 2.05) is 0 Å². The van der Waals surface area contributed by atoms with E-state index in [2.05, 4.69) is 0 Å². The highest BCUT2D eigenvalue weighted by molar-refractivity contribution is 5.25. The number of aliphatic hydroxyl groups excluding tert-OH is 6. The highest BCUT2D eigenvalue weighted by Gasteiger charge is 2.47. The molecule has 1 aromatic carbocycles. The zero-order valence-electron chi connectivity index (χ0n) is 17.7. The van der Waals surface area contributed by atoms with Crippen LogP contribution < -0.4 is 0 Å². The molecule has 0 bridgehead atoms. The highest BCUT2D eigenvalue weighted by Crippen LogP contribution is 2.27. The molecule has 0 saturated carbocycles. The number of benzene rings is 1. The monoisotopic (exact) mass is 460 g/mol. The van der Waals surface area contributed by atoms with Crippen LogP contribution in [0.4, 0.5) is 0 Å². The van der Waals surface area contributed by atoms with Crippen LogP contribution in [-0.4, -0.2) is 110 Å². The van der Waals surface area contributed by atoms with Crippen molar-refractivity contribution < 1.29 is 54.7 Å². The molecule has 2 aliphatic heterocycles. The van der Waals surface area contributed by atoms with Crippen LogP contribution >= 0.6 is 0 Å². The number of hydrogen-bond acceptors (Lipinski definition) is 11. The van der Waals surface area contributed by atoms with Crippen molar-refractivity contribution in [2.75, 3.05) is 13.2 Å². The van der Waals surface area contributed by atoms with E-state index < -0.39 is 61.9 Å². The topological polar surface area (TPSA) is 179 Å². The molecule has 3 rings (SSSR count). The number of rotatable bonds is 9. The summed E-state index contributed by atoms with van der Waals surface area (Å²) in [7, 11) is 0. The zero-order valence-corrected chi connectivity index (χ0v) is 17.7. The van der Waals surface area contributed by atoms with E-state index in [-0.39, 0.29) is 18.5 Å². The third-order valence-electron chi connectivity index (χ3n) is 5.73. The van der Waals surface area contributed by atoms with Crippen molar-refractivity contribution in [2.45, 2.75) is 81.2 Å². The fraction of sp³-hybridized carbons (Fsp3) is 0.714. The van der Waals surface area contributed by atoms with Crippen LogP contribution in [0.25, 0.3) is 0 Å². The van der Waals surface area contributed by atoms with Crippen molar-refractivity contribution in [3.63, 3.8) is 0 Å². The first kappa shape index (κ1) is 25.2. The molecule has 0 radical (unpaired) electrons. The molecule has 0 aliphatic carbocycles. The van der Waals surface area contributed by atoms with Gasteiger partial charge >= 0.3 is 0 Å². The van der Waals surface area contributed by atoms with Gasteiger partial charge < -0.3 is 54.7 Å². The van der Waals surface area contributed by atoms with E-state index >= 15 is 0 Å². The molecule has 10 atom stereocenters. The van der Waals surface area contributed by atoms with Gasteiger partial charge in [0.2, 0.25) is 0 Å². The van der Waals surface area contributed by atoms with Gasteiger partial charge in [0.15, 0.2) is 12.6 Å². The molecule has 0 amide bonds. The maximum absolute atomic E-state index is 10.3. The molecule has 2 heterocycles. The molecule has 2 aliphatic rings. The van der Waals surface area contributed by atoms with E-state index in [1.165, 1.54) is 0 Å². The molecule has 32 heavy (non-hydrogen) atoms. The second kappa shape index (κ2) is 11.2. The number of ether oxygens (including phenoxy) is 4. The van der Waals surface area contributed by atoms with Crippen LogP contribution in [0, 0.1) is 0 Å². The minimum Gasteiger partial charge on any atom is -0.508 e. The van der Waals surface area contributed by atoms with E-state index in [9.17, 15) is 30.6 Å². The standard InChI is InChI=1S/C21H32O11/c1-10(2-3-11-4-6-12(23)7-5-11)30-21-19(28)17(26)16(25)14(32-21)9-29-20-18(27)15(24)13(8-22)31-20/h4-7,10,13-28H,2-3,8-9H2,1H3/t10-,13+,14+,15-,16+,17-,18+,19+,20-,21-/m0/s1. The maximum atomic E-state index is 10.3.